The fourth-order valence-electron chi connectivity index (χ4n) is 2.54. The number of rotatable bonds is 6. The number of aromatic nitrogens is 2. The van der Waals surface area contributed by atoms with Crippen molar-refractivity contribution in [2.24, 2.45) is 0 Å². The summed E-state index contributed by atoms with van der Waals surface area (Å²) in [6, 6.07) is 8.51. The molecule has 1 aromatic carbocycles. The van der Waals surface area contributed by atoms with Gasteiger partial charge in [-0.3, -0.25) is 19.0 Å². The summed E-state index contributed by atoms with van der Waals surface area (Å²) in [7, 11) is 0. The number of fused-ring (bicyclic) bond motifs is 1. The van der Waals surface area contributed by atoms with Crippen LogP contribution < -0.4 is 16.2 Å². The third kappa shape index (κ3) is 4.22. The molecule has 0 saturated heterocycles. The Morgan fingerprint density at radius 1 is 1.26 bits per heavy atom. The first kappa shape index (κ1) is 18.8. The van der Waals surface area contributed by atoms with E-state index in [2.05, 4.69) is 15.6 Å². The molecule has 0 radical (unpaired) electrons. The minimum absolute atomic E-state index is 0.0308. The first-order valence-corrected chi connectivity index (χ1v) is 9.50. The van der Waals surface area contributed by atoms with E-state index in [0.29, 0.717) is 21.5 Å². The highest BCUT2D eigenvalue weighted by molar-refractivity contribution is 7.16. The molecule has 3 rings (SSSR count). The first-order valence-electron chi connectivity index (χ1n) is 8.62. The summed E-state index contributed by atoms with van der Waals surface area (Å²) < 4.78 is 1.26. The summed E-state index contributed by atoms with van der Waals surface area (Å²) in [4.78, 5) is 42.1. The smallest absolute Gasteiger partial charge is 0.262 e. The molecule has 0 aliphatic rings. The lowest BCUT2D eigenvalue weighted by molar-refractivity contribution is -0.116. The van der Waals surface area contributed by atoms with E-state index in [1.165, 1.54) is 22.2 Å². The second-order valence-corrected chi connectivity index (χ2v) is 7.09. The van der Waals surface area contributed by atoms with Crippen LogP contribution in [0.1, 0.15) is 30.6 Å². The number of carbonyl (C=O) groups excluding carboxylic acids is 2. The van der Waals surface area contributed by atoms with Crippen molar-refractivity contribution in [2.75, 3.05) is 5.32 Å². The third-order valence-electron chi connectivity index (χ3n) is 4.20. The largest absolute Gasteiger partial charge is 0.350 e. The van der Waals surface area contributed by atoms with E-state index in [9.17, 15) is 14.4 Å². The fourth-order valence-corrected chi connectivity index (χ4v) is 3.27. The molecule has 140 valence electrons. The lowest BCUT2D eigenvalue weighted by Crippen LogP contribution is -2.33. The maximum atomic E-state index is 12.4. The van der Waals surface area contributed by atoms with Crippen LogP contribution >= 0.6 is 11.3 Å². The molecule has 1 atom stereocenters. The molecule has 0 bridgehead atoms. The lowest BCUT2D eigenvalue weighted by atomic mass is 10.1. The predicted octanol–water partition coefficient (Wildman–Crippen LogP) is 2.63. The Labute approximate surface area is 160 Å². The molecule has 0 aliphatic carbocycles. The van der Waals surface area contributed by atoms with Gasteiger partial charge in [-0.1, -0.05) is 19.1 Å². The van der Waals surface area contributed by atoms with Gasteiger partial charge in [0.1, 0.15) is 11.4 Å². The maximum absolute atomic E-state index is 12.4. The Hall–Kier alpha value is -3.00. The number of benzene rings is 1. The molecule has 7 nitrogen and oxygen atoms in total. The average Bonchev–Trinajstić information content (AvgIpc) is 3.14. The number of hydrogen-bond donors (Lipinski definition) is 2. The minimum Gasteiger partial charge on any atom is -0.350 e. The number of nitrogens with one attached hydrogen (secondary N) is 2. The molecule has 0 aliphatic heterocycles. The molecule has 8 heteroatoms. The van der Waals surface area contributed by atoms with Crippen LogP contribution in [0.3, 0.4) is 0 Å². The maximum Gasteiger partial charge on any atom is 0.262 e. The topological polar surface area (TPSA) is 93.1 Å². The summed E-state index contributed by atoms with van der Waals surface area (Å²) >= 11 is 1.37. The zero-order chi connectivity index (χ0) is 19.4. The number of anilines is 1. The van der Waals surface area contributed by atoms with E-state index in [-0.39, 0.29) is 24.1 Å². The molecule has 0 spiro atoms. The number of hydrogen-bond acceptors (Lipinski definition) is 5. The number of thiophene rings is 1. The van der Waals surface area contributed by atoms with E-state index in [0.717, 1.165) is 6.42 Å². The van der Waals surface area contributed by atoms with Crippen LogP contribution in [-0.2, 0) is 11.3 Å². The van der Waals surface area contributed by atoms with Crippen molar-refractivity contribution in [1.29, 1.82) is 0 Å². The number of amides is 2. The summed E-state index contributed by atoms with van der Waals surface area (Å²) in [5.74, 6) is -0.656. The Morgan fingerprint density at radius 2 is 2.04 bits per heavy atom. The zero-order valence-electron chi connectivity index (χ0n) is 15.1. The molecular formula is C19H20N4O3S. The predicted molar refractivity (Wildman–Crippen MR) is 106 cm³/mol. The lowest BCUT2D eigenvalue weighted by Gasteiger charge is -2.15. The van der Waals surface area contributed by atoms with E-state index in [4.69, 9.17) is 0 Å². The van der Waals surface area contributed by atoms with Crippen molar-refractivity contribution >= 4 is 39.1 Å². The molecule has 0 saturated carbocycles. The van der Waals surface area contributed by atoms with E-state index < -0.39 is 5.91 Å². The van der Waals surface area contributed by atoms with Gasteiger partial charge in [0.15, 0.2) is 0 Å². The van der Waals surface area contributed by atoms with Crippen LogP contribution in [-0.4, -0.2) is 27.4 Å². The van der Waals surface area contributed by atoms with Gasteiger partial charge in [0.25, 0.3) is 11.5 Å². The Balaban J connectivity index is 1.77. The van der Waals surface area contributed by atoms with Gasteiger partial charge >= 0.3 is 0 Å². The number of para-hydroxylation sites is 1. The van der Waals surface area contributed by atoms with Gasteiger partial charge in [0.05, 0.1) is 23.0 Å². The summed E-state index contributed by atoms with van der Waals surface area (Å²) in [5, 5.41) is 7.87. The van der Waals surface area contributed by atoms with Crippen molar-refractivity contribution in [3.63, 3.8) is 0 Å². The molecule has 2 aromatic heterocycles. The highest BCUT2D eigenvalue weighted by atomic mass is 32.1. The molecule has 2 heterocycles. The average molecular weight is 384 g/mol. The second-order valence-electron chi connectivity index (χ2n) is 6.19. The van der Waals surface area contributed by atoms with Crippen molar-refractivity contribution in [1.82, 2.24) is 14.9 Å². The van der Waals surface area contributed by atoms with Gasteiger partial charge in [0.2, 0.25) is 5.91 Å². The quantitative estimate of drug-likeness (QED) is 0.683. The second kappa shape index (κ2) is 8.13. The fraction of sp³-hybridized carbons (Fsp3) is 0.263. The molecule has 3 aromatic rings. The van der Waals surface area contributed by atoms with Crippen LogP contribution in [0.4, 0.5) is 5.69 Å². The van der Waals surface area contributed by atoms with Gasteiger partial charge in [-0.05, 0) is 36.9 Å². The molecule has 27 heavy (non-hydrogen) atoms. The standard InChI is InChI=1S/C19H20N4O3S/c1-3-12(2)21-17(25)13-6-4-5-7-15(13)22-16(24)10-23-11-20-18-14(19(23)26)8-9-27-18/h4-9,11-12H,3,10H2,1-2H3,(H,21,25)(H,22,24). The van der Waals surface area contributed by atoms with Crippen molar-refractivity contribution < 1.29 is 9.59 Å². The molecule has 2 amide bonds. The Morgan fingerprint density at radius 3 is 2.81 bits per heavy atom. The van der Waals surface area contributed by atoms with Crippen LogP contribution in [0.5, 0.6) is 0 Å². The van der Waals surface area contributed by atoms with Crippen LogP contribution in [0.15, 0.2) is 46.8 Å². The molecule has 0 fully saturated rings. The Bertz CT molecular complexity index is 1040. The zero-order valence-corrected chi connectivity index (χ0v) is 15.9. The van der Waals surface area contributed by atoms with Crippen molar-refractivity contribution in [2.45, 2.75) is 32.9 Å². The summed E-state index contributed by atoms with van der Waals surface area (Å²) in [5.41, 5.74) is 0.519. The van der Waals surface area contributed by atoms with Crippen LogP contribution in [0, 0.1) is 0 Å². The van der Waals surface area contributed by atoms with Gasteiger partial charge in [-0.2, -0.15) is 0 Å². The Kier molecular flexibility index (Phi) is 5.66. The van der Waals surface area contributed by atoms with Crippen molar-refractivity contribution in [3.05, 3.63) is 58.0 Å². The van der Waals surface area contributed by atoms with Crippen LogP contribution in [0.2, 0.25) is 0 Å². The van der Waals surface area contributed by atoms with E-state index in [1.54, 1.807) is 35.7 Å². The molecule has 2 N–H and O–H groups in total. The van der Waals surface area contributed by atoms with Crippen LogP contribution in [0.25, 0.3) is 10.2 Å². The van der Waals surface area contributed by atoms with E-state index in [1.807, 2.05) is 13.8 Å². The normalized spacial score (nSPS) is 11.9. The van der Waals surface area contributed by atoms with E-state index >= 15 is 0 Å². The number of nitrogens with zero attached hydrogens (tertiary/aromatic N) is 2. The van der Waals surface area contributed by atoms with Crippen molar-refractivity contribution in [3.8, 4) is 0 Å². The van der Waals surface area contributed by atoms with Gasteiger partial charge < -0.3 is 10.6 Å². The van der Waals surface area contributed by atoms with Gasteiger partial charge in [-0.15, -0.1) is 11.3 Å². The van der Waals surface area contributed by atoms with Gasteiger partial charge in [-0.25, -0.2) is 4.98 Å². The molecule has 1 unspecified atom stereocenters. The monoisotopic (exact) mass is 384 g/mol. The molecular weight excluding hydrogens is 364 g/mol. The van der Waals surface area contributed by atoms with Gasteiger partial charge in [0, 0.05) is 6.04 Å². The SMILES string of the molecule is CCC(C)NC(=O)c1ccccc1NC(=O)Cn1cnc2sccc2c1=O. The summed E-state index contributed by atoms with van der Waals surface area (Å²) in [6.45, 7) is 3.72. The number of carbonyl (C=O) groups is 2. The summed E-state index contributed by atoms with van der Waals surface area (Å²) in [6.07, 6.45) is 2.17. The minimum atomic E-state index is -0.405. The first-order chi connectivity index (χ1) is 13.0. The highest BCUT2D eigenvalue weighted by Gasteiger charge is 2.15. The third-order valence-corrected chi connectivity index (χ3v) is 5.02. The highest BCUT2D eigenvalue weighted by Crippen LogP contribution is 2.16.